The molecule has 1 saturated heterocycles. The zero-order chi connectivity index (χ0) is 17.8. The third kappa shape index (κ3) is 6.69. The predicted molar refractivity (Wildman–Crippen MR) is 94.1 cm³/mol. The van der Waals surface area contributed by atoms with Crippen LogP contribution in [-0.4, -0.2) is 50.2 Å². The molecule has 1 aliphatic rings. The van der Waals surface area contributed by atoms with Crippen molar-refractivity contribution in [3.05, 3.63) is 0 Å². The first-order valence-electron chi connectivity index (χ1n) is 9.74. The second kappa shape index (κ2) is 12.7. The molecule has 1 heterocycles. The summed E-state index contributed by atoms with van der Waals surface area (Å²) in [5.41, 5.74) is 0. The lowest BCUT2D eigenvalue weighted by atomic mass is 9.97. The van der Waals surface area contributed by atoms with Crippen molar-refractivity contribution in [2.45, 2.75) is 97.1 Å². The number of ether oxygens (including phenoxy) is 4. The second-order valence-corrected chi connectivity index (χ2v) is 6.41. The molecule has 0 unspecified atom stereocenters. The first-order valence-corrected chi connectivity index (χ1v) is 9.74. The highest BCUT2D eigenvalue weighted by Crippen LogP contribution is 2.27. The summed E-state index contributed by atoms with van der Waals surface area (Å²) in [5, 5.41) is 0. The molecule has 0 spiro atoms. The van der Waals surface area contributed by atoms with Gasteiger partial charge in [-0.05, 0) is 25.7 Å². The maximum atomic E-state index is 12.4. The van der Waals surface area contributed by atoms with E-state index in [0.717, 1.165) is 44.9 Å². The quantitative estimate of drug-likeness (QED) is 0.375. The smallest absolute Gasteiger partial charge is 0.338 e. The zero-order valence-corrected chi connectivity index (χ0v) is 15.9. The molecule has 0 bridgehead atoms. The van der Waals surface area contributed by atoms with Crippen LogP contribution in [0.1, 0.15) is 72.6 Å². The molecule has 5 nitrogen and oxygen atoms in total. The monoisotopic (exact) mass is 344 g/mol. The van der Waals surface area contributed by atoms with Gasteiger partial charge in [-0.25, -0.2) is 4.79 Å². The Morgan fingerprint density at radius 2 is 1.29 bits per heavy atom. The topological polar surface area (TPSA) is 54.0 Å². The fourth-order valence-corrected chi connectivity index (χ4v) is 2.75. The Morgan fingerprint density at radius 3 is 1.79 bits per heavy atom. The summed E-state index contributed by atoms with van der Waals surface area (Å²) in [5.74, 6) is -0.310. The van der Waals surface area contributed by atoms with Gasteiger partial charge in [-0.3, -0.25) is 0 Å². The van der Waals surface area contributed by atoms with E-state index >= 15 is 0 Å². The average Bonchev–Trinajstić information content (AvgIpc) is 2.58. The summed E-state index contributed by atoms with van der Waals surface area (Å²) >= 11 is 0. The number of carbonyl (C=O) groups is 1. The molecule has 0 aromatic rings. The third-order valence-corrected chi connectivity index (χ3v) is 4.30. The molecule has 0 aromatic heterocycles. The lowest BCUT2D eigenvalue weighted by molar-refractivity contribution is -0.227. The fourth-order valence-electron chi connectivity index (χ4n) is 2.75. The second-order valence-electron chi connectivity index (χ2n) is 6.41. The van der Waals surface area contributed by atoms with Gasteiger partial charge in [0.1, 0.15) is 18.3 Å². The SMILES string of the molecule is CCCCO[C@H]1[C@H](OCCCC)[C@@H](OCCCC)C(=O)O[C@@H]1CC. The van der Waals surface area contributed by atoms with Crippen LogP contribution in [0, 0.1) is 0 Å². The summed E-state index contributed by atoms with van der Waals surface area (Å²) < 4.78 is 23.6. The molecule has 24 heavy (non-hydrogen) atoms. The van der Waals surface area contributed by atoms with E-state index in [2.05, 4.69) is 20.8 Å². The zero-order valence-electron chi connectivity index (χ0n) is 15.9. The highest BCUT2D eigenvalue weighted by Gasteiger charge is 2.47. The molecular weight excluding hydrogens is 308 g/mol. The molecule has 0 aromatic carbocycles. The van der Waals surface area contributed by atoms with Crippen LogP contribution in [0.4, 0.5) is 0 Å². The lowest BCUT2D eigenvalue weighted by Crippen LogP contribution is -2.58. The van der Waals surface area contributed by atoms with Gasteiger partial charge in [-0.15, -0.1) is 0 Å². The Bertz CT molecular complexity index is 334. The van der Waals surface area contributed by atoms with E-state index in [0.29, 0.717) is 19.8 Å². The standard InChI is InChI=1S/C19H36O5/c1-5-9-12-21-16-15(8-4)24-19(20)18(23-14-11-7-3)17(16)22-13-10-6-2/h15-18H,5-14H2,1-4H3/t15-,16-,17+,18-/m1/s1. The number of rotatable bonds is 13. The Balaban J connectivity index is 2.81. The van der Waals surface area contributed by atoms with Crippen LogP contribution in [0.5, 0.6) is 0 Å². The van der Waals surface area contributed by atoms with Crippen molar-refractivity contribution in [2.24, 2.45) is 0 Å². The molecule has 0 radical (unpaired) electrons. The molecule has 0 amide bonds. The number of hydrogen-bond acceptors (Lipinski definition) is 5. The van der Waals surface area contributed by atoms with Gasteiger partial charge in [0.25, 0.3) is 0 Å². The molecule has 4 atom stereocenters. The van der Waals surface area contributed by atoms with Crippen LogP contribution < -0.4 is 0 Å². The summed E-state index contributed by atoms with van der Waals surface area (Å²) in [6.45, 7) is 10.2. The molecule has 0 saturated carbocycles. The van der Waals surface area contributed by atoms with E-state index in [4.69, 9.17) is 18.9 Å². The molecule has 0 N–H and O–H groups in total. The highest BCUT2D eigenvalue weighted by molar-refractivity contribution is 5.77. The van der Waals surface area contributed by atoms with Crippen LogP contribution in [0.15, 0.2) is 0 Å². The van der Waals surface area contributed by atoms with Crippen molar-refractivity contribution in [2.75, 3.05) is 19.8 Å². The van der Waals surface area contributed by atoms with Gasteiger partial charge < -0.3 is 18.9 Å². The summed E-state index contributed by atoms with van der Waals surface area (Å²) in [7, 11) is 0. The molecule has 1 rings (SSSR count). The Kier molecular flexibility index (Phi) is 11.3. The van der Waals surface area contributed by atoms with E-state index in [9.17, 15) is 4.79 Å². The number of unbranched alkanes of at least 4 members (excludes halogenated alkanes) is 3. The van der Waals surface area contributed by atoms with Crippen LogP contribution in [-0.2, 0) is 23.7 Å². The normalized spacial score (nSPS) is 27.2. The largest absolute Gasteiger partial charge is 0.458 e. The molecule has 1 aliphatic heterocycles. The molecule has 0 aliphatic carbocycles. The van der Waals surface area contributed by atoms with E-state index in [1.807, 2.05) is 6.92 Å². The number of cyclic esters (lactones) is 1. The molecule has 5 heteroatoms. The van der Waals surface area contributed by atoms with Gasteiger partial charge in [0.05, 0.1) is 0 Å². The maximum absolute atomic E-state index is 12.4. The van der Waals surface area contributed by atoms with Gasteiger partial charge in [0, 0.05) is 19.8 Å². The predicted octanol–water partition coefficient (Wildman–Crippen LogP) is 3.88. The van der Waals surface area contributed by atoms with E-state index in [1.54, 1.807) is 0 Å². The van der Waals surface area contributed by atoms with Gasteiger partial charge >= 0.3 is 5.97 Å². The van der Waals surface area contributed by atoms with Gasteiger partial charge in [-0.1, -0.05) is 47.0 Å². The summed E-state index contributed by atoms with van der Waals surface area (Å²) in [6.07, 6.45) is 5.18. The average molecular weight is 344 g/mol. The lowest BCUT2D eigenvalue weighted by Gasteiger charge is -2.41. The van der Waals surface area contributed by atoms with Gasteiger partial charge in [-0.2, -0.15) is 0 Å². The van der Waals surface area contributed by atoms with Crippen molar-refractivity contribution < 1.29 is 23.7 Å². The summed E-state index contributed by atoms with van der Waals surface area (Å²) in [4.78, 5) is 12.4. The van der Waals surface area contributed by atoms with E-state index in [1.165, 1.54) is 0 Å². The van der Waals surface area contributed by atoms with Crippen LogP contribution in [0.25, 0.3) is 0 Å². The van der Waals surface area contributed by atoms with Crippen molar-refractivity contribution >= 4 is 5.97 Å². The van der Waals surface area contributed by atoms with Crippen LogP contribution in [0.2, 0.25) is 0 Å². The van der Waals surface area contributed by atoms with Crippen molar-refractivity contribution in [1.82, 2.24) is 0 Å². The number of hydrogen-bond donors (Lipinski definition) is 0. The first kappa shape index (κ1) is 21.4. The van der Waals surface area contributed by atoms with Crippen molar-refractivity contribution in [3.63, 3.8) is 0 Å². The minimum absolute atomic E-state index is 0.247. The van der Waals surface area contributed by atoms with E-state index < -0.39 is 6.10 Å². The summed E-state index contributed by atoms with van der Waals surface area (Å²) in [6, 6.07) is 0. The first-order chi connectivity index (χ1) is 11.7. The highest BCUT2D eigenvalue weighted by atomic mass is 16.6. The molecular formula is C19H36O5. The minimum atomic E-state index is -0.678. The van der Waals surface area contributed by atoms with E-state index in [-0.39, 0.29) is 24.3 Å². The van der Waals surface area contributed by atoms with Gasteiger partial charge in [0.2, 0.25) is 0 Å². The molecule has 1 fully saturated rings. The fraction of sp³-hybridized carbons (Fsp3) is 0.947. The van der Waals surface area contributed by atoms with Crippen molar-refractivity contribution in [3.8, 4) is 0 Å². The molecule has 142 valence electrons. The number of esters is 1. The third-order valence-electron chi connectivity index (χ3n) is 4.30. The van der Waals surface area contributed by atoms with Crippen LogP contribution >= 0.6 is 0 Å². The Labute approximate surface area is 147 Å². The van der Waals surface area contributed by atoms with Crippen LogP contribution in [0.3, 0.4) is 0 Å². The number of carbonyl (C=O) groups excluding carboxylic acids is 1. The Hall–Kier alpha value is -0.650. The maximum Gasteiger partial charge on any atom is 0.338 e. The minimum Gasteiger partial charge on any atom is -0.458 e. The Morgan fingerprint density at radius 1 is 0.792 bits per heavy atom. The van der Waals surface area contributed by atoms with Crippen molar-refractivity contribution in [1.29, 1.82) is 0 Å². The van der Waals surface area contributed by atoms with Gasteiger partial charge in [0.15, 0.2) is 6.10 Å².